The second-order valence-corrected chi connectivity index (χ2v) is 7.00. The first-order chi connectivity index (χ1) is 14.1. The summed E-state index contributed by atoms with van der Waals surface area (Å²) in [4.78, 5) is 21.1. The molecule has 0 saturated heterocycles. The smallest absolute Gasteiger partial charge is 0.226 e. The van der Waals surface area contributed by atoms with Crippen molar-refractivity contribution in [2.75, 3.05) is 24.4 Å². The molecular formula is C22H23N5O2. The standard InChI is InChI=1S/C22H23N5O2/c1-14-5-4-6-15(2)21(14)26-22-19-12-23-13-27(19)18-11-16(7-8-17(18)25-22)24-20(28)9-10-29-3/h4-8,11-13H,9-10H2,1-3H3,(H,24,28)(H,25,26). The van der Waals surface area contributed by atoms with E-state index in [1.165, 1.54) is 0 Å². The van der Waals surface area contributed by atoms with Gasteiger partial charge >= 0.3 is 0 Å². The zero-order valence-corrected chi connectivity index (χ0v) is 16.7. The van der Waals surface area contributed by atoms with Gasteiger partial charge in [-0.15, -0.1) is 0 Å². The van der Waals surface area contributed by atoms with Crippen LogP contribution in [0.25, 0.3) is 16.6 Å². The number of methoxy groups -OCH3 is 1. The van der Waals surface area contributed by atoms with Gasteiger partial charge in [0.05, 0.1) is 36.6 Å². The minimum absolute atomic E-state index is 0.0886. The van der Waals surface area contributed by atoms with Crippen LogP contribution >= 0.6 is 0 Å². The van der Waals surface area contributed by atoms with E-state index in [1.807, 2.05) is 28.7 Å². The van der Waals surface area contributed by atoms with Crippen molar-refractivity contribution in [3.8, 4) is 0 Å². The maximum Gasteiger partial charge on any atom is 0.226 e. The first-order valence-electron chi connectivity index (χ1n) is 9.44. The minimum Gasteiger partial charge on any atom is -0.384 e. The number of para-hydroxylation sites is 1. The molecule has 4 rings (SSSR count). The number of nitrogens with one attached hydrogen (secondary N) is 2. The van der Waals surface area contributed by atoms with Crippen LogP contribution in [0.5, 0.6) is 0 Å². The van der Waals surface area contributed by atoms with E-state index in [4.69, 9.17) is 9.72 Å². The van der Waals surface area contributed by atoms with Crippen LogP contribution in [-0.2, 0) is 9.53 Å². The topological polar surface area (TPSA) is 80.5 Å². The van der Waals surface area contributed by atoms with Crippen LogP contribution in [0.2, 0.25) is 0 Å². The van der Waals surface area contributed by atoms with E-state index < -0.39 is 0 Å². The Morgan fingerprint density at radius 3 is 2.69 bits per heavy atom. The van der Waals surface area contributed by atoms with Crippen molar-refractivity contribution >= 4 is 39.6 Å². The van der Waals surface area contributed by atoms with Crippen LogP contribution < -0.4 is 10.6 Å². The van der Waals surface area contributed by atoms with Gasteiger partial charge in [-0.25, -0.2) is 9.97 Å². The van der Waals surface area contributed by atoms with Crippen molar-refractivity contribution in [2.24, 2.45) is 0 Å². The van der Waals surface area contributed by atoms with Gasteiger partial charge in [-0.3, -0.25) is 9.20 Å². The average Bonchev–Trinajstić information content (AvgIpc) is 3.20. The van der Waals surface area contributed by atoms with Gasteiger partial charge in [0.25, 0.3) is 0 Å². The Labute approximate surface area is 168 Å². The zero-order valence-electron chi connectivity index (χ0n) is 16.7. The molecule has 2 aromatic carbocycles. The highest BCUT2D eigenvalue weighted by Gasteiger charge is 2.12. The van der Waals surface area contributed by atoms with E-state index in [2.05, 4.69) is 41.6 Å². The number of imidazole rings is 1. The molecule has 148 valence electrons. The summed E-state index contributed by atoms with van der Waals surface area (Å²) in [6.07, 6.45) is 3.85. The van der Waals surface area contributed by atoms with Crippen molar-refractivity contribution in [3.05, 3.63) is 60.0 Å². The number of ether oxygens (including phenoxy) is 1. The number of anilines is 3. The van der Waals surface area contributed by atoms with E-state index in [9.17, 15) is 4.79 Å². The fourth-order valence-electron chi connectivity index (χ4n) is 3.37. The number of aryl methyl sites for hydroxylation is 2. The van der Waals surface area contributed by atoms with Crippen molar-refractivity contribution in [3.63, 3.8) is 0 Å². The largest absolute Gasteiger partial charge is 0.384 e. The summed E-state index contributed by atoms with van der Waals surface area (Å²) in [5.41, 5.74) is 6.60. The number of carbonyl (C=O) groups is 1. The quantitative estimate of drug-likeness (QED) is 0.516. The first kappa shape index (κ1) is 18.9. The molecule has 0 aliphatic heterocycles. The normalized spacial score (nSPS) is 11.1. The van der Waals surface area contributed by atoms with Crippen LogP contribution in [-0.4, -0.2) is 34.0 Å². The predicted octanol–water partition coefficient (Wildman–Crippen LogP) is 4.22. The fourth-order valence-corrected chi connectivity index (χ4v) is 3.37. The molecule has 2 aromatic heterocycles. The predicted molar refractivity (Wildman–Crippen MR) is 115 cm³/mol. The Balaban J connectivity index is 1.74. The molecule has 0 atom stereocenters. The molecule has 7 nitrogen and oxygen atoms in total. The van der Waals surface area contributed by atoms with Crippen molar-refractivity contribution in [1.29, 1.82) is 0 Å². The van der Waals surface area contributed by atoms with E-state index in [0.29, 0.717) is 18.7 Å². The van der Waals surface area contributed by atoms with Gasteiger partial charge in [0.1, 0.15) is 5.52 Å². The molecule has 0 aliphatic carbocycles. The van der Waals surface area contributed by atoms with E-state index in [1.54, 1.807) is 19.6 Å². The number of hydrogen-bond donors (Lipinski definition) is 2. The zero-order chi connectivity index (χ0) is 20.4. The Morgan fingerprint density at radius 2 is 1.93 bits per heavy atom. The summed E-state index contributed by atoms with van der Waals surface area (Å²) < 4.78 is 6.93. The van der Waals surface area contributed by atoms with Gasteiger partial charge in [0.2, 0.25) is 5.91 Å². The Hall–Kier alpha value is -3.45. The van der Waals surface area contributed by atoms with Crippen LogP contribution in [0.1, 0.15) is 17.5 Å². The van der Waals surface area contributed by atoms with Crippen molar-refractivity contribution < 1.29 is 9.53 Å². The summed E-state index contributed by atoms with van der Waals surface area (Å²) in [5, 5.41) is 6.38. The van der Waals surface area contributed by atoms with Crippen LogP contribution in [0.15, 0.2) is 48.9 Å². The molecule has 2 heterocycles. The van der Waals surface area contributed by atoms with E-state index in [0.717, 1.165) is 39.2 Å². The first-order valence-corrected chi connectivity index (χ1v) is 9.44. The van der Waals surface area contributed by atoms with Crippen LogP contribution in [0.3, 0.4) is 0 Å². The molecule has 0 bridgehead atoms. The van der Waals surface area contributed by atoms with E-state index >= 15 is 0 Å². The second-order valence-electron chi connectivity index (χ2n) is 7.00. The molecule has 0 unspecified atom stereocenters. The molecule has 29 heavy (non-hydrogen) atoms. The van der Waals surface area contributed by atoms with Gasteiger partial charge in [-0.1, -0.05) is 18.2 Å². The van der Waals surface area contributed by atoms with Crippen LogP contribution in [0, 0.1) is 13.8 Å². The lowest BCUT2D eigenvalue weighted by Gasteiger charge is -2.14. The maximum atomic E-state index is 12.0. The average molecular weight is 389 g/mol. The van der Waals surface area contributed by atoms with Gasteiger partial charge in [0.15, 0.2) is 5.82 Å². The molecule has 0 aliphatic rings. The van der Waals surface area contributed by atoms with Gasteiger partial charge < -0.3 is 15.4 Å². The molecule has 7 heteroatoms. The van der Waals surface area contributed by atoms with Gasteiger partial charge in [0, 0.05) is 18.5 Å². The van der Waals surface area contributed by atoms with Crippen LogP contribution in [0.4, 0.5) is 17.2 Å². The molecule has 0 fully saturated rings. The molecule has 4 aromatic rings. The fraction of sp³-hybridized carbons (Fsp3) is 0.227. The molecular weight excluding hydrogens is 366 g/mol. The third-order valence-electron chi connectivity index (χ3n) is 4.89. The Bertz CT molecular complexity index is 1180. The molecule has 0 spiro atoms. The van der Waals surface area contributed by atoms with Gasteiger partial charge in [-0.05, 0) is 43.2 Å². The summed E-state index contributed by atoms with van der Waals surface area (Å²) in [6.45, 7) is 4.53. The van der Waals surface area contributed by atoms with Crippen molar-refractivity contribution in [2.45, 2.75) is 20.3 Å². The highest BCUT2D eigenvalue weighted by molar-refractivity contribution is 5.94. The maximum absolute atomic E-state index is 12.0. The monoisotopic (exact) mass is 389 g/mol. The molecule has 1 amide bonds. The Morgan fingerprint density at radius 1 is 1.14 bits per heavy atom. The number of benzene rings is 2. The third-order valence-corrected chi connectivity index (χ3v) is 4.89. The lowest BCUT2D eigenvalue weighted by molar-refractivity contribution is -0.117. The van der Waals surface area contributed by atoms with Crippen molar-refractivity contribution in [1.82, 2.24) is 14.4 Å². The summed E-state index contributed by atoms with van der Waals surface area (Å²) >= 11 is 0. The number of amides is 1. The molecule has 2 N–H and O–H groups in total. The van der Waals surface area contributed by atoms with Gasteiger partial charge in [-0.2, -0.15) is 0 Å². The summed E-state index contributed by atoms with van der Waals surface area (Å²) in [7, 11) is 1.58. The summed E-state index contributed by atoms with van der Waals surface area (Å²) in [5.74, 6) is 0.652. The highest BCUT2D eigenvalue weighted by atomic mass is 16.5. The minimum atomic E-state index is -0.0886. The van der Waals surface area contributed by atoms with E-state index in [-0.39, 0.29) is 5.91 Å². The summed E-state index contributed by atoms with van der Waals surface area (Å²) in [6, 6.07) is 11.8. The number of hydrogen-bond acceptors (Lipinski definition) is 5. The number of fused-ring (bicyclic) bond motifs is 3. The number of aromatic nitrogens is 3. The third kappa shape index (κ3) is 3.77. The lowest BCUT2D eigenvalue weighted by atomic mass is 10.1. The lowest BCUT2D eigenvalue weighted by Crippen LogP contribution is -2.13. The molecule has 0 radical (unpaired) electrons. The SMILES string of the molecule is COCCC(=O)Nc1ccc2nc(Nc3c(C)cccc3C)c3cncn3c2c1. The number of carbonyl (C=O) groups excluding carboxylic acids is 1. The Kier molecular flexibility index (Phi) is 5.14. The number of rotatable bonds is 6. The number of nitrogens with zero attached hydrogens (tertiary/aromatic N) is 3. The molecule has 0 saturated carbocycles. The highest BCUT2D eigenvalue weighted by Crippen LogP contribution is 2.29. The second kappa shape index (κ2) is 7.89.